The predicted molar refractivity (Wildman–Crippen MR) is 109 cm³/mol. The Morgan fingerprint density at radius 1 is 1.03 bits per heavy atom. The highest BCUT2D eigenvalue weighted by atomic mass is 35.5. The van der Waals surface area contributed by atoms with Gasteiger partial charge >= 0.3 is 0 Å². The number of oxazole rings is 1. The van der Waals surface area contributed by atoms with Crippen LogP contribution in [0.15, 0.2) is 67.1 Å². The average Bonchev–Trinajstić information content (AvgIpc) is 3.44. The third kappa shape index (κ3) is 3.52. The Hall–Kier alpha value is -3.10. The third-order valence-electron chi connectivity index (χ3n) is 4.24. The number of aromatic nitrogens is 4. The Balaban J connectivity index is 1.38. The fourth-order valence-electron chi connectivity index (χ4n) is 2.89. The number of fused-ring (bicyclic) bond motifs is 1. The largest absolute Gasteiger partial charge is 0.431 e. The third-order valence-corrected chi connectivity index (χ3v) is 5.29. The number of aryl methyl sites for hydroxylation is 1. The zero-order valence-electron chi connectivity index (χ0n) is 15.1. The Morgan fingerprint density at radius 3 is 2.76 bits per heavy atom. The zero-order chi connectivity index (χ0) is 19.8. The normalized spacial score (nSPS) is 11.4. The second-order valence-electron chi connectivity index (χ2n) is 6.21. The van der Waals surface area contributed by atoms with Crippen molar-refractivity contribution in [1.82, 2.24) is 20.3 Å². The van der Waals surface area contributed by atoms with Crippen LogP contribution >= 0.6 is 23.4 Å². The van der Waals surface area contributed by atoms with E-state index in [0.29, 0.717) is 55.9 Å². The Bertz CT molecular complexity index is 1300. The maximum atomic E-state index is 5.99. The summed E-state index contributed by atoms with van der Waals surface area (Å²) in [6.45, 7) is 1.82. The minimum absolute atomic E-state index is 0.363. The van der Waals surface area contributed by atoms with E-state index in [1.165, 1.54) is 11.8 Å². The lowest BCUT2D eigenvalue weighted by atomic mass is 10.1. The summed E-state index contributed by atoms with van der Waals surface area (Å²) in [6, 6.07) is 15.0. The first-order chi connectivity index (χ1) is 14.2. The van der Waals surface area contributed by atoms with Gasteiger partial charge < -0.3 is 13.4 Å². The number of nitrogens with zero attached hydrogens (tertiary/aromatic N) is 4. The molecule has 7 nitrogen and oxygen atoms in total. The lowest BCUT2D eigenvalue weighted by Gasteiger charge is -1.98. The Kier molecular flexibility index (Phi) is 4.57. The molecule has 5 rings (SSSR count). The topological polar surface area (TPSA) is 91.0 Å². The van der Waals surface area contributed by atoms with E-state index in [0.717, 1.165) is 5.56 Å². The molecule has 3 aromatic heterocycles. The van der Waals surface area contributed by atoms with E-state index in [-0.39, 0.29) is 0 Å². The molecule has 0 unspecified atom stereocenters. The molecule has 0 aliphatic heterocycles. The molecule has 0 aliphatic carbocycles. The van der Waals surface area contributed by atoms with Gasteiger partial charge in [-0.25, -0.2) is 4.98 Å². The maximum absolute atomic E-state index is 5.99. The number of benzene rings is 2. The summed E-state index contributed by atoms with van der Waals surface area (Å²) in [7, 11) is 0. The van der Waals surface area contributed by atoms with E-state index >= 15 is 0 Å². The van der Waals surface area contributed by atoms with Crippen LogP contribution in [-0.2, 0) is 5.75 Å². The van der Waals surface area contributed by atoms with E-state index in [4.69, 9.17) is 25.0 Å². The van der Waals surface area contributed by atoms with Crippen molar-refractivity contribution >= 4 is 34.5 Å². The molecule has 0 amide bonds. The lowest BCUT2D eigenvalue weighted by Crippen LogP contribution is -1.84. The maximum Gasteiger partial charge on any atom is 0.257 e. The molecule has 2 aromatic carbocycles. The quantitative estimate of drug-likeness (QED) is 0.327. The van der Waals surface area contributed by atoms with Crippen molar-refractivity contribution in [3.05, 3.63) is 65.2 Å². The Labute approximate surface area is 174 Å². The SMILES string of the molecule is Cc1onc(-c2ccccc2)c1-c1nnc(CSc2nc3cc(Cl)ccc3o2)o1. The van der Waals surface area contributed by atoms with Gasteiger partial charge in [-0.1, -0.05) is 58.9 Å². The van der Waals surface area contributed by atoms with Crippen molar-refractivity contribution in [2.24, 2.45) is 0 Å². The number of thioether (sulfide) groups is 1. The van der Waals surface area contributed by atoms with Crippen LogP contribution in [0.3, 0.4) is 0 Å². The van der Waals surface area contributed by atoms with Crippen molar-refractivity contribution in [2.75, 3.05) is 0 Å². The van der Waals surface area contributed by atoms with E-state index in [9.17, 15) is 0 Å². The Morgan fingerprint density at radius 2 is 1.90 bits per heavy atom. The first kappa shape index (κ1) is 18.0. The van der Waals surface area contributed by atoms with Gasteiger partial charge in [-0.3, -0.25) is 0 Å². The van der Waals surface area contributed by atoms with Gasteiger partial charge in [0.25, 0.3) is 11.1 Å². The number of hydrogen-bond donors (Lipinski definition) is 0. The summed E-state index contributed by atoms with van der Waals surface area (Å²) in [5, 5.41) is 13.6. The van der Waals surface area contributed by atoms with Crippen molar-refractivity contribution < 1.29 is 13.4 Å². The van der Waals surface area contributed by atoms with Gasteiger partial charge in [-0.05, 0) is 25.1 Å². The van der Waals surface area contributed by atoms with E-state index in [2.05, 4.69) is 20.3 Å². The van der Waals surface area contributed by atoms with Gasteiger partial charge in [-0.15, -0.1) is 10.2 Å². The molecule has 0 fully saturated rings. The van der Waals surface area contributed by atoms with Gasteiger partial charge in [0.05, 0.1) is 5.75 Å². The standard InChI is InChI=1S/C20H13ClN4O3S/c1-11-17(18(25-28-11)12-5-3-2-4-6-12)19-24-23-16(27-19)10-29-20-22-14-9-13(21)7-8-15(14)26-20/h2-9H,10H2,1H3. The molecule has 0 atom stereocenters. The minimum Gasteiger partial charge on any atom is -0.431 e. The molecule has 0 saturated carbocycles. The van der Waals surface area contributed by atoms with Crippen LogP contribution in [0.4, 0.5) is 0 Å². The zero-order valence-corrected chi connectivity index (χ0v) is 16.7. The molecular weight excluding hydrogens is 412 g/mol. The van der Waals surface area contributed by atoms with E-state index in [1.807, 2.05) is 37.3 Å². The first-order valence-corrected chi connectivity index (χ1v) is 10.1. The molecule has 0 N–H and O–H groups in total. The molecule has 0 aliphatic rings. The van der Waals surface area contributed by atoms with E-state index in [1.54, 1.807) is 18.2 Å². The fraction of sp³-hybridized carbons (Fsp3) is 0.100. The highest BCUT2D eigenvalue weighted by Crippen LogP contribution is 2.34. The van der Waals surface area contributed by atoms with Gasteiger partial charge in [0, 0.05) is 10.6 Å². The van der Waals surface area contributed by atoms with Crippen LogP contribution in [0, 0.1) is 6.92 Å². The van der Waals surface area contributed by atoms with E-state index < -0.39 is 0 Å². The summed E-state index contributed by atoms with van der Waals surface area (Å²) in [5.41, 5.74) is 3.66. The smallest absolute Gasteiger partial charge is 0.257 e. The molecule has 9 heteroatoms. The van der Waals surface area contributed by atoms with Crippen LogP contribution in [-0.4, -0.2) is 20.3 Å². The molecule has 0 radical (unpaired) electrons. The molecule has 0 spiro atoms. The molecule has 144 valence electrons. The van der Waals surface area contributed by atoms with Crippen LogP contribution in [0.2, 0.25) is 5.02 Å². The van der Waals surface area contributed by atoms with Crippen LogP contribution < -0.4 is 0 Å². The minimum atomic E-state index is 0.363. The number of halogens is 1. The molecular formula is C20H13ClN4O3S. The second-order valence-corrected chi connectivity index (χ2v) is 7.57. The molecule has 5 aromatic rings. The predicted octanol–water partition coefficient (Wildman–Crippen LogP) is 5.79. The van der Waals surface area contributed by atoms with Crippen molar-refractivity contribution in [3.8, 4) is 22.7 Å². The van der Waals surface area contributed by atoms with Gasteiger partial charge in [-0.2, -0.15) is 0 Å². The monoisotopic (exact) mass is 424 g/mol. The average molecular weight is 425 g/mol. The van der Waals surface area contributed by atoms with Crippen molar-refractivity contribution in [3.63, 3.8) is 0 Å². The molecule has 0 bridgehead atoms. The van der Waals surface area contributed by atoms with Crippen LogP contribution in [0.5, 0.6) is 0 Å². The lowest BCUT2D eigenvalue weighted by molar-refractivity contribution is 0.399. The van der Waals surface area contributed by atoms with Crippen LogP contribution in [0.1, 0.15) is 11.7 Å². The van der Waals surface area contributed by atoms with Crippen molar-refractivity contribution in [2.45, 2.75) is 17.9 Å². The van der Waals surface area contributed by atoms with Gasteiger partial charge in [0.1, 0.15) is 22.5 Å². The van der Waals surface area contributed by atoms with Gasteiger partial charge in [0.15, 0.2) is 5.58 Å². The van der Waals surface area contributed by atoms with Gasteiger partial charge in [0.2, 0.25) is 5.89 Å². The number of hydrogen-bond acceptors (Lipinski definition) is 8. The summed E-state index contributed by atoms with van der Waals surface area (Å²) >= 11 is 7.35. The van der Waals surface area contributed by atoms with Crippen LogP contribution in [0.25, 0.3) is 33.8 Å². The first-order valence-electron chi connectivity index (χ1n) is 8.71. The number of rotatable bonds is 5. The summed E-state index contributed by atoms with van der Waals surface area (Å²) in [6.07, 6.45) is 0. The summed E-state index contributed by atoms with van der Waals surface area (Å²) < 4.78 is 16.9. The second kappa shape index (κ2) is 7.38. The fourth-order valence-corrected chi connectivity index (χ4v) is 3.74. The molecule has 3 heterocycles. The highest BCUT2D eigenvalue weighted by Gasteiger charge is 2.22. The molecule has 0 saturated heterocycles. The van der Waals surface area contributed by atoms with Crippen molar-refractivity contribution in [1.29, 1.82) is 0 Å². The summed E-state index contributed by atoms with van der Waals surface area (Å²) in [4.78, 5) is 4.41. The molecule has 29 heavy (non-hydrogen) atoms. The summed E-state index contributed by atoms with van der Waals surface area (Å²) in [5.74, 6) is 1.84. The highest BCUT2D eigenvalue weighted by molar-refractivity contribution is 7.98.